The van der Waals surface area contributed by atoms with Gasteiger partial charge in [-0.25, -0.2) is 0 Å². The van der Waals surface area contributed by atoms with Gasteiger partial charge < -0.3 is 5.32 Å². The molecular weight excluding hydrogens is 264 g/mol. The lowest BCUT2D eigenvalue weighted by Crippen LogP contribution is -2.20. The Hall–Kier alpha value is -2.61. The highest BCUT2D eigenvalue weighted by molar-refractivity contribution is 5.90. The van der Waals surface area contributed by atoms with E-state index in [9.17, 15) is 4.79 Å². The number of hydrogen-bond donors (Lipinski definition) is 1. The lowest BCUT2D eigenvalue weighted by Gasteiger charge is -2.07. The quantitative estimate of drug-likeness (QED) is 0.936. The molecule has 1 heterocycles. The summed E-state index contributed by atoms with van der Waals surface area (Å²) in [5.41, 5.74) is 4.45. The van der Waals surface area contributed by atoms with Gasteiger partial charge >= 0.3 is 0 Å². The molecule has 21 heavy (non-hydrogen) atoms. The van der Waals surface area contributed by atoms with Gasteiger partial charge in [-0.3, -0.25) is 9.48 Å². The van der Waals surface area contributed by atoms with Crippen molar-refractivity contribution < 1.29 is 4.79 Å². The third kappa shape index (κ3) is 3.29. The van der Waals surface area contributed by atoms with Gasteiger partial charge in [-0.1, -0.05) is 6.92 Å². The average Bonchev–Trinajstić information content (AvgIpc) is 2.73. The first kappa shape index (κ1) is 14.8. The van der Waals surface area contributed by atoms with Crippen LogP contribution in [0.15, 0.2) is 24.3 Å². The predicted octanol–water partition coefficient (Wildman–Crippen LogP) is 2.57. The third-order valence-corrected chi connectivity index (χ3v) is 3.48. The number of nitrogens with one attached hydrogen (secondary N) is 1. The van der Waals surface area contributed by atoms with E-state index in [1.165, 1.54) is 5.56 Å². The minimum Gasteiger partial charge on any atom is -0.324 e. The molecular formula is C16H18N4O. The number of benzene rings is 1. The number of anilines is 1. The molecule has 0 saturated heterocycles. The second kappa shape index (κ2) is 6.23. The molecule has 0 bridgehead atoms. The smallest absolute Gasteiger partial charge is 0.246 e. The molecule has 2 rings (SSSR count). The monoisotopic (exact) mass is 282 g/mol. The summed E-state index contributed by atoms with van der Waals surface area (Å²) in [7, 11) is 0. The third-order valence-electron chi connectivity index (χ3n) is 3.48. The second-order valence-corrected chi connectivity index (χ2v) is 4.90. The maximum atomic E-state index is 12.1. The number of carbonyl (C=O) groups excluding carboxylic acids is 1. The van der Waals surface area contributed by atoms with E-state index in [1.54, 1.807) is 28.9 Å². The fraction of sp³-hybridized carbons (Fsp3) is 0.312. The number of nitrogens with zero attached hydrogens (tertiary/aromatic N) is 3. The maximum absolute atomic E-state index is 12.1. The fourth-order valence-corrected chi connectivity index (χ4v) is 2.36. The van der Waals surface area contributed by atoms with Crippen LogP contribution in [0.1, 0.15) is 29.4 Å². The van der Waals surface area contributed by atoms with E-state index in [1.807, 2.05) is 19.9 Å². The van der Waals surface area contributed by atoms with Gasteiger partial charge in [-0.2, -0.15) is 10.4 Å². The first-order valence-corrected chi connectivity index (χ1v) is 6.88. The van der Waals surface area contributed by atoms with Crippen LogP contribution in [0.3, 0.4) is 0 Å². The van der Waals surface area contributed by atoms with Gasteiger partial charge in [0, 0.05) is 11.4 Å². The Morgan fingerprint density at radius 1 is 1.33 bits per heavy atom. The minimum atomic E-state index is -0.132. The Labute approximate surface area is 124 Å². The number of rotatable bonds is 4. The summed E-state index contributed by atoms with van der Waals surface area (Å²) in [5.74, 6) is -0.132. The molecule has 108 valence electrons. The summed E-state index contributed by atoms with van der Waals surface area (Å²) < 4.78 is 1.73. The van der Waals surface area contributed by atoms with Gasteiger partial charge in [0.1, 0.15) is 6.54 Å². The zero-order valence-electron chi connectivity index (χ0n) is 12.5. The first-order chi connectivity index (χ1) is 10.0. The Morgan fingerprint density at radius 2 is 2.00 bits per heavy atom. The number of aromatic nitrogens is 2. The van der Waals surface area contributed by atoms with E-state index in [0.29, 0.717) is 11.3 Å². The zero-order valence-corrected chi connectivity index (χ0v) is 12.5. The molecule has 2 aromatic rings. The minimum absolute atomic E-state index is 0.132. The fourth-order valence-electron chi connectivity index (χ4n) is 2.36. The van der Waals surface area contributed by atoms with Gasteiger partial charge in [0.05, 0.1) is 17.3 Å². The van der Waals surface area contributed by atoms with E-state index in [-0.39, 0.29) is 12.5 Å². The van der Waals surface area contributed by atoms with Crippen LogP contribution >= 0.6 is 0 Å². The summed E-state index contributed by atoms with van der Waals surface area (Å²) in [5, 5.41) is 15.9. The van der Waals surface area contributed by atoms with Crippen molar-refractivity contribution >= 4 is 11.6 Å². The highest BCUT2D eigenvalue weighted by Gasteiger charge is 2.12. The number of carbonyl (C=O) groups is 1. The topological polar surface area (TPSA) is 70.7 Å². The molecule has 0 saturated carbocycles. The van der Waals surface area contributed by atoms with Crippen molar-refractivity contribution in [2.24, 2.45) is 0 Å². The molecule has 0 aliphatic heterocycles. The molecule has 1 amide bonds. The van der Waals surface area contributed by atoms with E-state index >= 15 is 0 Å². The predicted molar refractivity (Wildman–Crippen MR) is 80.9 cm³/mol. The highest BCUT2D eigenvalue weighted by atomic mass is 16.2. The summed E-state index contributed by atoms with van der Waals surface area (Å²) in [6.07, 6.45) is 0.912. The Bertz CT molecular complexity index is 692. The molecule has 5 nitrogen and oxygen atoms in total. The molecule has 1 aromatic heterocycles. The summed E-state index contributed by atoms with van der Waals surface area (Å²) in [6, 6.07) is 8.83. The molecule has 0 aliphatic rings. The van der Waals surface area contributed by atoms with Crippen LogP contribution in [0.25, 0.3) is 0 Å². The summed E-state index contributed by atoms with van der Waals surface area (Å²) in [4.78, 5) is 12.1. The van der Waals surface area contributed by atoms with Crippen molar-refractivity contribution in [2.75, 3.05) is 5.32 Å². The van der Waals surface area contributed by atoms with Crippen LogP contribution < -0.4 is 5.32 Å². The van der Waals surface area contributed by atoms with Crippen LogP contribution in [-0.2, 0) is 17.8 Å². The lowest BCUT2D eigenvalue weighted by atomic mass is 10.1. The molecule has 0 unspecified atom stereocenters. The van der Waals surface area contributed by atoms with Crippen molar-refractivity contribution in [3.63, 3.8) is 0 Å². The number of amides is 1. The Kier molecular flexibility index (Phi) is 4.39. The molecule has 1 aromatic carbocycles. The van der Waals surface area contributed by atoms with Crippen molar-refractivity contribution in [2.45, 2.75) is 33.7 Å². The molecule has 0 radical (unpaired) electrons. The average molecular weight is 282 g/mol. The van der Waals surface area contributed by atoms with Crippen molar-refractivity contribution in [3.8, 4) is 6.07 Å². The molecule has 0 atom stereocenters. The van der Waals surface area contributed by atoms with Crippen molar-refractivity contribution in [1.82, 2.24) is 9.78 Å². The highest BCUT2D eigenvalue weighted by Crippen LogP contribution is 2.14. The van der Waals surface area contributed by atoms with Gasteiger partial charge in [-0.05, 0) is 50.1 Å². The van der Waals surface area contributed by atoms with E-state index < -0.39 is 0 Å². The van der Waals surface area contributed by atoms with E-state index in [4.69, 9.17) is 5.26 Å². The van der Waals surface area contributed by atoms with Gasteiger partial charge in [0.15, 0.2) is 0 Å². The number of nitriles is 1. The SMILES string of the molecule is CCc1c(C)nn(CC(=O)Nc2ccc(C#N)cc2)c1C. The second-order valence-electron chi connectivity index (χ2n) is 4.90. The van der Waals surface area contributed by atoms with E-state index in [2.05, 4.69) is 17.3 Å². The summed E-state index contributed by atoms with van der Waals surface area (Å²) in [6.45, 7) is 6.21. The molecule has 5 heteroatoms. The van der Waals surface area contributed by atoms with E-state index in [0.717, 1.165) is 17.8 Å². The van der Waals surface area contributed by atoms with Gasteiger partial charge in [-0.15, -0.1) is 0 Å². The van der Waals surface area contributed by atoms with Crippen molar-refractivity contribution in [3.05, 3.63) is 46.8 Å². The van der Waals surface area contributed by atoms with Crippen molar-refractivity contribution in [1.29, 1.82) is 5.26 Å². The van der Waals surface area contributed by atoms with Crippen LogP contribution in [0.2, 0.25) is 0 Å². The normalized spacial score (nSPS) is 10.2. The standard InChI is InChI=1S/C16H18N4O/c1-4-15-11(2)19-20(12(15)3)10-16(21)18-14-7-5-13(9-17)6-8-14/h5-8H,4,10H2,1-3H3,(H,18,21). The van der Waals surface area contributed by atoms with Gasteiger partial charge in [0.2, 0.25) is 5.91 Å². The molecule has 0 spiro atoms. The Balaban J connectivity index is 2.06. The first-order valence-electron chi connectivity index (χ1n) is 6.88. The van der Waals surface area contributed by atoms with Crippen LogP contribution in [0, 0.1) is 25.2 Å². The number of hydrogen-bond acceptors (Lipinski definition) is 3. The van der Waals surface area contributed by atoms with Crippen LogP contribution in [0.5, 0.6) is 0 Å². The Morgan fingerprint density at radius 3 is 2.52 bits per heavy atom. The molecule has 0 aliphatic carbocycles. The maximum Gasteiger partial charge on any atom is 0.246 e. The lowest BCUT2D eigenvalue weighted by molar-refractivity contribution is -0.116. The van der Waals surface area contributed by atoms with Gasteiger partial charge in [0.25, 0.3) is 0 Å². The molecule has 1 N–H and O–H groups in total. The number of aryl methyl sites for hydroxylation is 1. The zero-order chi connectivity index (χ0) is 15.4. The summed E-state index contributed by atoms with van der Waals surface area (Å²) >= 11 is 0. The largest absolute Gasteiger partial charge is 0.324 e. The van der Waals surface area contributed by atoms with Crippen LogP contribution in [0.4, 0.5) is 5.69 Å². The molecule has 0 fully saturated rings. The van der Waals surface area contributed by atoms with Crippen LogP contribution in [-0.4, -0.2) is 15.7 Å².